The maximum atomic E-state index is 15.7. The maximum Gasteiger partial charge on any atom is 0.417 e. The van der Waals surface area contributed by atoms with Gasteiger partial charge < -0.3 is 24.7 Å². The van der Waals surface area contributed by atoms with Crippen LogP contribution < -0.4 is 20.5 Å². The van der Waals surface area contributed by atoms with Gasteiger partial charge in [0.1, 0.15) is 11.9 Å². The van der Waals surface area contributed by atoms with E-state index in [0.29, 0.717) is 49.5 Å². The molecule has 2 aromatic heterocycles. The highest BCUT2D eigenvalue weighted by Gasteiger charge is 2.36. The highest BCUT2D eigenvalue weighted by Crippen LogP contribution is 2.37. The molecule has 43 heavy (non-hydrogen) atoms. The lowest BCUT2D eigenvalue weighted by Crippen LogP contribution is -2.55. The SMILES string of the molecule is CC1CN(c2cc(F)c(-c3ccc(OC4CCOCC4)nc3)cc2NC(=O)c2c[nH]c(=O)cc2C(F)(F)F)CC(C)N1C. The molecule has 0 saturated carbocycles. The number of nitrogens with zero attached hydrogens (tertiary/aromatic N) is 3. The number of halogens is 4. The fraction of sp³-hybridized carbons (Fsp3) is 0.433. The van der Waals surface area contributed by atoms with Crippen LogP contribution in [0, 0.1) is 5.82 Å². The number of carbonyl (C=O) groups excluding carboxylic acids is 1. The Labute approximate surface area is 245 Å². The van der Waals surface area contributed by atoms with Gasteiger partial charge in [-0.3, -0.25) is 14.5 Å². The number of H-pyrrole nitrogens is 1. The van der Waals surface area contributed by atoms with Crippen LogP contribution in [0.5, 0.6) is 5.88 Å². The Kier molecular flexibility index (Phi) is 8.74. The Morgan fingerprint density at radius 2 is 1.81 bits per heavy atom. The lowest BCUT2D eigenvalue weighted by molar-refractivity contribution is -0.138. The van der Waals surface area contributed by atoms with E-state index in [2.05, 4.69) is 20.2 Å². The van der Waals surface area contributed by atoms with E-state index in [1.54, 1.807) is 12.1 Å². The minimum Gasteiger partial charge on any atom is -0.474 e. The molecule has 0 spiro atoms. The zero-order valence-electron chi connectivity index (χ0n) is 24.0. The van der Waals surface area contributed by atoms with Crippen LogP contribution in [-0.4, -0.2) is 72.3 Å². The first kappa shape index (κ1) is 30.5. The van der Waals surface area contributed by atoms with Gasteiger partial charge in [0.25, 0.3) is 5.91 Å². The lowest BCUT2D eigenvalue weighted by atomic mass is 10.0. The van der Waals surface area contributed by atoms with Crippen molar-refractivity contribution in [2.75, 3.05) is 43.6 Å². The largest absolute Gasteiger partial charge is 0.474 e. The Morgan fingerprint density at radius 3 is 2.44 bits per heavy atom. The van der Waals surface area contributed by atoms with Crippen LogP contribution in [-0.2, 0) is 10.9 Å². The van der Waals surface area contributed by atoms with E-state index in [1.807, 2.05) is 25.8 Å². The average Bonchev–Trinajstić information content (AvgIpc) is 2.97. The van der Waals surface area contributed by atoms with Gasteiger partial charge in [-0.2, -0.15) is 13.2 Å². The zero-order chi connectivity index (χ0) is 30.9. The molecule has 2 saturated heterocycles. The molecule has 13 heteroatoms. The summed E-state index contributed by atoms with van der Waals surface area (Å²) in [5, 5.41) is 2.56. The van der Waals surface area contributed by atoms with E-state index in [4.69, 9.17) is 9.47 Å². The number of ether oxygens (including phenoxy) is 2. The number of aromatic amines is 1. The second-order valence-corrected chi connectivity index (χ2v) is 11.0. The minimum absolute atomic E-state index is 0.0344. The standard InChI is InChI=1S/C30H33F4N5O4/c1-17-15-39(16-18(2)38(17)3)26-12-24(31)21(19-4-5-28(36-13-19)43-20-6-8-42-9-7-20)10-25(26)37-29(41)22-14-35-27(40)11-23(22)30(32,33)34/h4-5,10-14,17-18,20H,6-9,15-16H2,1-3H3,(H,35,40)(H,37,41). The van der Waals surface area contributed by atoms with Gasteiger partial charge in [-0.15, -0.1) is 0 Å². The molecule has 0 radical (unpaired) electrons. The highest BCUT2D eigenvalue weighted by atomic mass is 19.4. The summed E-state index contributed by atoms with van der Waals surface area (Å²) >= 11 is 0. The molecule has 1 aromatic carbocycles. The highest BCUT2D eigenvalue weighted by molar-refractivity contribution is 6.07. The molecule has 2 aliphatic rings. The third-order valence-corrected chi connectivity index (χ3v) is 8.01. The van der Waals surface area contributed by atoms with Crippen molar-refractivity contribution in [2.45, 2.75) is 51.1 Å². The summed E-state index contributed by atoms with van der Waals surface area (Å²) in [6.07, 6.45) is -1.34. The van der Waals surface area contributed by atoms with Crippen molar-refractivity contribution in [1.29, 1.82) is 0 Å². The first-order valence-corrected chi connectivity index (χ1v) is 14.0. The maximum absolute atomic E-state index is 15.7. The number of carbonyl (C=O) groups is 1. The van der Waals surface area contributed by atoms with E-state index >= 15 is 4.39 Å². The summed E-state index contributed by atoms with van der Waals surface area (Å²) in [7, 11) is 1.98. The Bertz CT molecular complexity index is 1510. The van der Waals surface area contributed by atoms with Crippen molar-refractivity contribution in [1.82, 2.24) is 14.9 Å². The minimum atomic E-state index is -4.94. The Morgan fingerprint density at radius 1 is 1.12 bits per heavy atom. The van der Waals surface area contributed by atoms with Crippen molar-refractivity contribution in [2.24, 2.45) is 0 Å². The van der Waals surface area contributed by atoms with Gasteiger partial charge in [-0.05, 0) is 39.1 Å². The van der Waals surface area contributed by atoms with E-state index in [1.165, 1.54) is 18.3 Å². The molecule has 2 aliphatic heterocycles. The van der Waals surface area contributed by atoms with Crippen molar-refractivity contribution in [3.63, 3.8) is 0 Å². The average molecular weight is 604 g/mol. The third-order valence-electron chi connectivity index (χ3n) is 8.01. The molecule has 2 N–H and O–H groups in total. The van der Waals surface area contributed by atoms with Gasteiger partial charge in [-0.1, -0.05) is 0 Å². The summed E-state index contributed by atoms with van der Waals surface area (Å²) in [5.74, 6) is -1.32. The van der Waals surface area contributed by atoms with E-state index in [0.717, 1.165) is 19.0 Å². The van der Waals surface area contributed by atoms with Crippen LogP contribution in [0.4, 0.5) is 28.9 Å². The number of anilines is 2. The van der Waals surface area contributed by atoms with E-state index in [9.17, 15) is 22.8 Å². The number of piperazine rings is 1. The Hall–Kier alpha value is -3.97. The number of benzene rings is 1. The molecule has 1 amide bonds. The van der Waals surface area contributed by atoms with Crippen LogP contribution in [0.1, 0.15) is 42.6 Å². The summed E-state index contributed by atoms with van der Waals surface area (Å²) in [6.45, 7) is 6.21. The molecule has 0 aliphatic carbocycles. The number of likely N-dealkylation sites (N-methyl/N-ethyl adjacent to an activating group) is 1. The van der Waals surface area contributed by atoms with Gasteiger partial charge in [0.05, 0.1) is 35.7 Å². The quantitative estimate of drug-likeness (QED) is 0.386. The number of nitrogens with one attached hydrogen (secondary N) is 2. The predicted octanol–water partition coefficient (Wildman–Crippen LogP) is 4.93. The number of aromatic nitrogens is 2. The van der Waals surface area contributed by atoms with Crippen molar-refractivity contribution < 1.29 is 31.8 Å². The van der Waals surface area contributed by atoms with Gasteiger partial charge in [-0.25, -0.2) is 9.37 Å². The second kappa shape index (κ2) is 12.3. The molecule has 2 atom stereocenters. The van der Waals surface area contributed by atoms with Gasteiger partial charge in [0.15, 0.2) is 0 Å². The number of rotatable bonds is 6. The van der Waals surface area contributed by atoms with Crippen molar-refractivity contribution in [3.8, 4) is 17.0 Å². The van der Waals surface area contributed by atoms with Crippen LogP contribution >= 0.6 is 0 Å². The monoisotopic (exact) mass is 603 g/mol. The number of alkyl halides is 3. The summed E-state index contributed by atoms with van der Waals surface area (Å²) < 4.78 is 68.1. The van der Waals surface area contributed by atoms with Crippen molar-refractivity contribution in [3.05, 3.63) is 70.0 Å². The third kappa shape index (κ3) is 6.83. The number of pyridine rings is 2. The first-order valence-electron chi connectivity index (χ1n) is 14.0. The zero-order valence-corrected chi connectivity index (χ0v) is 24.0. The van der Waals surface area contributed by atoms with Gasteiger partial charge in [0, 0.05) is 73.7 Å². The van der Waals surface area contributed by atoms with Crippen LogP contribution in [0.3, 0.4) is 0 Å². The number of hydrogen-bond acceptors (Lipinski definition) is 7. The fourth-order valence-corrected chi connectivity index (χ4v) is 5.40. The Balaban J connectivity index is 1.51. The van der Waals surface area contributed by atoms with Crippen LogP contribution in [0.15, 0.2) is 47.5 Å². The smallest absolute Gasteiger partial charge is 0.417 e. The molecule has 0 bridgehead atoms. The molecule has 2 unspecified atom stereocenters. The molecule has 4 heterocycles. The first-order chi connectivity index (χ1) is 20.4. The van der Waals surface area contributed by atoms with E-state index in [-0.39, 0.29) is 29.4 Å². The molecular formula is C30H33F4N5O4. The predicted molar refractivity (Wildman–Crippen MR) is 153 cm³/mol. The topological polar surface area (TPSA) is 99.8 Å². The molecule has 2 fully saturated rings. The van der Waals surface area contributed by atoms with E-state index < -0.39 is 34.6 Å². The van der Waals surface area contributed by atoms with Gasteiger partial charge in [0.2, 0.25) is 11.4 Å². The van der Waals surface area contributed by atoms with Crippen LogP contribution in [0.2, 0.25) is 0 Å². The fourth-order valence-electron chi connectivity index (χ4n) is 5.40. The lowest BCUT2D eigenvalue weighted by Gasteiger charge is -2.44. The summed E-state index contributed by atoms with van der Waals surface area (Å²) in [4.78, 5) is 35.4. The molecular weight excluding hydrogens is 570 g/mol. The summed E-state index contributed by atoms with van der Waals surface area (Å²) in [6, 6.07) is 6.43. The molecule has 5 rings (SSSR count). The van der Waals surface area contributed by atoms with Crippen LogP contribution in [0.25, 0.3) is 11.1 Å². The molecule has 230 valence electrons. The second-order valence-electron chi connectivity index (χ2n) is 11.0. The van der Waals surface area contributed by atoms with Gasteiger partial charge >= 0.3 is 6.18 Å². The summed E-state index contributed by atoms with van der Waals surface area (Å²) in [5.41, 5.74) is -2.20. The molecule has 3 aromatic rings. The number of amides is 1. The van der Waals surface area contributed by atoms with Crippen molar-refractivity contribution >= 4 is 17.3 Å². The molecule has 9 nitrogen and oxygen atoms in total. The number of hydrogen-bond donors (Lipinski definition) is 2. The normalized spacial score (nSPS) is 20.2.